The van der Waals surface area contributed by atoms with E-state index < -0.39 is 10.0 Å². The number of aromatic nitrogens is 3. The molecule has 0 aliphatic carbocycles. The fraction of sp³-hybridized carbons (Fsp3) is 0.200. The summed E-state index contributed by atoms with van der Waals surface area (Å²) in [6.45, 7) is 5.95. The third-order valence-corrected chi connectivity index (χ3v) is 6.16. The Bertz CT molecular complexity index is 1380. The van der Waals surface area contributed by atoms with Gasteiger partial charge in [-0.25, -0.2) is 18.4 Å². The van der Waals surface area contributed by atoms with E-state index in [2.05, 4.69) is 9.97 Å². The van der Waals surface area contributed by atoms with Crippen LogP contribution < -0.4 is 10.8 Å². The van der Waals surface area contributed by atoms with E-state index in [0.717, 1.165) is 33.1 Å². The first kappa shape index (κ1) is 18.4. The van der Waals surface area contributed by atoms with Crippen LogP contribution >= 0.6 is 0 Å². The van der Waals surface area contributed by atoms with Gasteiger partial charge in [-0.05, 0) is 61.7 Å². The van der Waals surface area contributed by atoms with Gasteiger partial charge < -0.3 is 4.98 Å². The van der Waals surface area contributed by atoms with Gasteiger partial charge in [0.05, 0.1) is 33.7 Å². The number of imidazole rings is 1. The van der Waals surface area contributed by atoms with Crippen molar-refractivity contribution in [2.45, 2.75) is 31.7 Å². The smallest absolute Gasteiger partial charge is 0.304 e. The van der Waals surface area contributed by atoms with Gasteiger partial charge >= 0.3 is 5.69 Å². The van der Waals surface area contributed by atoms with Crippen molar-refractivity contribution in [3.63, 3.8) is 0 Å². The van der Waals surface area contributed by atoms with Gasteiger partial charge in [0.1, 0.15) is 0 Å². The van der Waals surface area contributed by atoms with Gasteiger partial charge in [-0.1, -0.05) is 12.1 Å². The largest absolute Gasteiger partial charge is 0.327 e. The molecule has 4 rings (SSSR count). The molecular weight excluding hydrogens is 376 g/mol. The number of H-pyrrole nitrogens is 1. The number of pyridine rings is 1. The average Bonchev–Trinajstić information content (AvgIpc) is 2.98. The summed E-state index contributed by atoms with van der Waals surface area (Å²) < 4.78 is 24.7. The second-order valence-electron chi connectivity index (χ2n) is 7.06. The highest BCUT2D eigenvalue weighted by Crippen LogP contribution is 2.28. The molecule has 0 radical (unpaired) electrons. The van der Waals surface area contributed by atoms with Crippen molar-refractivity contribution in [3.05, 3.63) is 69.8 Å². The van der Waals surface area contributed by atoms with Crippen molar-refractivity contribution in [2.24, 2.45) is 5.14 Å². The molecule has 144 valence electrons. The van der Waals surface area contributed by atoms with E-state index in [4.69, 9.17) is 5.14 Å². The van der Waals surface area contributed by atoms with Crippen molar-refractivity contribution in [1.29, 1.82) is 0 Å². The molecule has 0 fully saturated rings. The summed E-state index contributed by atoms with van der Waals surface area (Å²) in [6, 6.07) is 9.99. The van der Waals surface area contributed by atoms with Gasteiger partial charge in [0.15, 0.2) is 0 Å². The second-order valence-corrected chi connectivity index (χ2v) is 8.63. The van der Waals surface area contributed by atoms with Crippen LogP contribution in [0, 0.1) is 13.8 Å². The van der Waals surface area contributed by atoms with E-state index in [1.54, 1.807) is 22.9 Å². The van der Waals surface area contributed by atoms with Crippen molar-refractivity contribution < 1.29 is 8.42 Å². The predicted molar refractivity (Wildman–Crippen MR) is 109 cm³/mol. The van der Waals surface area contributed by atoms with Crippen LogP contribution in [0.15, 0.2) is 52.3 Å². The Balaban J connectivity index is 1.95. The molecule has 2 aromatic carbocycles. The van der Waals surface area contributed by atoms with Gasteiger partial charge in [0.25, 0.3) is 0 Å². The first-order valence-corrected chi connectivity index (χ1v) is 10.3. The van der Waals surface area contributed by atoms with Gasteiger partial charge in [-0.2, -0.15) is 0 Å². The zero-order chi connectivity index (χ0) is 20.2. The van der Waals surface area contributed by atoms with Crippen LogP contribution in [0.25, 0.3) is 21.9 Å². The lowest BCUT2D eigenvalue weighted by Gasteiger charge is -2.16. The SMILES string of the molecule is Cc1cc2ncc3[nH]c(=O)n([C@@H](C)c4ccc(S(N)(=O)=O)cc4)c3c2cc1C. The number of hydrogen-bond donors (Lipinski definition) is 2. The normalized spacial score (nSPS) is 13.3. The van der Waals surface area contributed by atoms with E-state index in [9.17, 15) is 13.2 Å². The van der Waals surface area contributed by atoms with E-state index >= 15 is 0 Å². The van der Waals surface area contributed by atoms with Crippen molar-refractivity contribution >= 4 is 32.0 Å². The van der Waals surface area contributed by atoms with E-state index in [1.165, 1.54) is 12.1 Å². The lowest BCUT2D eigenvalue weighted by Crippen LogP contribution is -2.21. The number of hydrogen-bond acceptors (Lipinski definition) is 4. The number of aromatic amines is 1. The highest BCUT2D eigenvalue weighted by atomic mass is 32.2. The maximum atomic E-state index is 12.7. The lowest BCUT2D eigenvalue weighted by atomic mass is 10.0. The van der Waals surface area contributed by atoms with Gasteiger partial charge in [-0.3, -0.25) is 9.55 Å². The summed E-state index contributed by atoms with van der Waals surface area (Å²) in [7, 11) is -3.76. The predicted octanol–water partition coefficient (Wildman–Crippen LogP) is 2.75. The molecule has 28 heavy (non-hydrogen) atoms. The maximum absolute atomic E-state index is 12.7. The monoisotopic (exact) mass is 396 g/mol. The molecule has 4 aromatic rings. The van der Waals surface area contributed by atoms with E-state index in [-0.39, 0.29) is 16.6 Å². The van der Waals surface area contributed by atoms with Crippen molar-refractivity contribution in [3.8, 4) is 0 Å². The minimum atomic E-state index is -3.76. The molecule has 3 N–H and O–H groups in total. The van der Waals surface area contributed by atoms with Crippen molar-refractivity contribution in [2.75, 3.05) is 0 Å². The lowest BCUT2D eigenvalue weighted by molar-refractivity contribution is 0.597. The molecule has 0 bridgehead atoms. The van der Waals surface area contributed by atoms with Crippen LogP contribution in [0.2, 0.25) is 0 Å². The molecule has 0 unspecified atom stereocenters. The summed E-state index contributed by atoms with van der Waals surface area (Å²) in [5, 5.41) is 6.06. The Morgan fingerprint density at radius 1 is 1.11 bits per heavy atom. The zero-order valence-corrected chi connectivity index (χ0v) is 16.5. The number of aryl methyl sites for hydroxylation is 2. The molecule has 0 saturated carbocycles. The molecule has 2 aromatic heterocycles. The molecule has 8 heteroatoms. The molecule has 0 aliphatic rings. The minimum Gasteiger partial charge on any atom is -0.304 e. The fourth-order valence-electron chi connectivity index (χ4n) is 3.52. The number of fused-ring (bicyclic) bond motifs is 3. The zero-order valence-electron chi connectivity index (χ0n) is 15.7. The third kappa shape index (κ3) is 2.90. The topological polar surface area (TPSA) is 111 Å². The number of nitrogens with zero attached hydrogens (tertiary/aromatic N) is 2. The van der Waals surface area contributed by atoms with Crippen LogP contribution in [-0.2, 0) is 10.0 Å². The Labute approximate surface area is 161 Å². The molecule has 0 saturated heterocycles. The third-order valence-electron chi connectivity index (χ3n) is 5.23. The van der Waals surface area contributed by atoms with E-state index in [1.807, 2.05) is 32.9 Å². The first-order valence-electron chi connectivity index (χ1n) is 8.80. The quantitative estimate of drug-likeness (QED) is 0.555. The fourth-order valence-corrected chi connectivity index (χ4v) is 4.04. The Kier molecular flexibility index (Phi) is 4.13. The Morgan fingerprint density at radius 3 is 2.39 bits per heavy atom. The van der Waals surface area contributed by atoms with Gasteiger partial charge in [-0.15, -0.1) is 0 Å². The summed E-state index contributed by atoms with van der Waals surface area (Å²) in [4.78, 5) is 20.1. The van der Waals surface area contributed by atoms with Crippen LogP contribution in [0.1, 0.15) is 29.7 Å². The summed E-state index contributed by atoms with van der Waals surface area (Å²) in [5.74, 6) is 0. The summed E-state index contributed by atoms with van der Waals surface area (Å²) in [5.41, 5.74) is 5.06. The Hall–Kier alpha value is -2.97. The first-order chi connectivity index (χ1) is 13.2. The molecule has 1 atom stereocenters. The number of nitrogens with two attached hydrogens (primary N) is 1. The number of benzene rings is 2. The molecule has 0 amide bonds. The van der Waals surface area contributed by atoms with Gasteiger partial charge in [0, 0.05) is 5.39 Å². The summed E-state index contributed by atoms with van der Waals surface area (Å²) >= 11 is 0. The maximum Gasteiger partial charge on any atom is 0.327 e. The number of rotatable bonds is 3. The van der Waals surface area contributed by atoms with Crippen LogP contribution in [0.5, 0.6) is 0 Å². The van der Waals surface area contributed by atoms with Crippen molar-refractivity contribution in [1.82, 2.24) is 14.5 Å². The number of sulfonamides is 1. The van der Waals surface area contributed by atoms with Crippen LogP contribution in [-0.4, -0.2) is 23.0 Å². The van der Waals surface area contributed by atoms with Crippen LogP contribution in [0.3, 0.4) is 0 Å². The van der Waals surface area contributed by atoms with Crippen LogP contribution in [0.4, 0.5) is 0 Å². The number of primary sulfonamides is 1. The molecule has 7 nitrogen and oxygen atoms in total. The number of nitrogens with one attached hydrogen (secondary N) is 1. The van der Waals surface area contributed by atoms with Gasteiger partial charge in [0.2, 0.25) is 10.0 Å². The standard InChI is InChI=1S/C20H20N4O3S/c1-11-8-16-17(9-12(11)2)22-10-18-19(16)24(20(25)23-18)13(3)14-4-6-15(7-5-14)28(21,26)27/h4-10,13H,1-3H3,(H,23,25)(H2,21,26,27)/t13-/m0/s1. The van der Waals surface area contributed by atoms with E-state index in [0.29, 0.717) is 5.52 Å². The Morgan fingerprint density at radius 2 is 1.75 bits per heavy atom. The minimum absolute atomic E-state index is 0.0375. The molecular formula is C20H20N4O3S. The molecule has 0 spiro atoms. The molecule has 0 aliphatic heterocycles. The average molecular weight is 396 g/mol. The second kappa shape index (κ2) is 6.29. The highest BCUT2D eigenvalue weighted by Gasteiger charge is 2.18. The highest BCUT2D eigenvalue weighted by molar-refractivity contribution is 7.89. The summed E-state index contributed by atoms with van der Waals surface area (Å²) in [6.07, 6.45) is 1.67. The molecule has 2 heterocycles.